The number of anilines is 1. The molecular weight excluding hydrogens is 508 g/mol. The van der Waals surface area contributed by atoms with Crippen LogP contribution in [0.1, 0.15) is 18.4 Å². The molecule has 0 aliphatic carbocycles. The molecule has 3 aromatic rings. The number of carbonyl (C=O) groups is 3. The smallest absolute Gasteiger partial charge is 0.310 e. The van der Waals surface area contributed by atoms with Crippen LogP contribution in [-0.4, -0.2) is 69.8 Å². The molecule has 8 heteroatoms. The van der Waals surface area contributed by atoms with Crippen LogP contribution in [0.2, 0.25) is 0 Å². The molecule has 6 rings (SSSR count). The Bertz CT molecular complexity index is 1470. The van der Waals surface area contributed by atoms with Crippen LogP contribution in [-0.2, 0) is 25.5 Å². The molecule has 0 radical (unpaired) electrons. The maximum Gasteiger partial charge on any atom is 0.310 e. The second kappa shape index (κ2) is 10.2. The maximum absolute atomic E-state index is 14.7. The summed E-state index contributed by atoms with van der Waals surface area (Å²) in [5, 5.41) is 22.6. The zero-order valence-electron chi connectivity index (χ0n) is 22.1. The van der Waals surface area contributed by atoms with Gasteiger partial charge >= 0.3 is 5.97 Å². The fourth-order valence-corrected chi connectivity index (χ4v) is 7.13. The van der Waals surface area contributed by atoms with Crippen molar-refractivity contribution in [2.75, 3.05) is 18.1 Å². The average molecular weight is 541 g/mol. The predicted molar refractivity (Wildman–Crippen MR) is 150 cm³/mol. The molecule has 3 heterocycles. The number of amides is 2. The van der Waals surface area contributed by atoms with E-state index in [2.05, 4.69) is 6.58 Å². The molecule has 8 nitrogen and oxygen atoms in total. The van der Waals surface area contributed by atoms with Gasteiger partial charge in [0.15, 0.2) is 0 Å². The quantitative estimate of drug-likeness (QED) is 0.403. The van der Waals surface area contributed by atoms with Gasteiger partial charge in [-0.2, -0.15) is 0 Å². The number of ether oxygens (including phenoxy) is 1. The summed E-state index contributed by atoms with van der Waals surface area (Å²) in [7, 11) is 0. The number of hydrogen-bond donors (Lipinski definition) is 2. The van der Waals surface area contributed by atoms with Crippen molar-refractivity contribution >= 4 is 34.2 Å². The largest absolute Gasteiger partial charge is 0.481 e. The third kappa shape index (κ3) is 4.01. The maximum atomic E-state index is 14.7. The van der Waals surface area contributed by atoms with E-state index in [1.807, 2.05) is 72.8 Å². The topological polar surface area (TPSA) is 107 Å². The van der Waals surface area contributed by atoms with E-state index in [1.165, 1.54) is 4.90 Å². The molecule has 2 amide bonds. The van der Waals surface area contributed by atoms with Gasteiger partial charge < -0.3 is 24.7 Å². The van der Waals surface area contributed by atoms with Gasteiger partial charge in [0.2, 0.25) is 5.91 Å². The Labute approximate surface area is 232 Å². The van der Waals surface area contributed by atoms with Crippen molar-refractivity contribution < 1.29 is 29.3 Å². The molecule has 3 aliphatic rings. The van der Waals surface area contributed by atoms with Crippen molar-refractivity contribution in [2.45, 2.75) is 43.1 Å². The summed E-state index contributed by atoms with van der Waals surface area (Å²) in [4.78, 5) is 44.2. The number of fused-ring (bicyclic) bond motifs is 2. The van der Waals surface area contributed by atoms with E-state index >= 15 is 0 Å². The van der Waals surface area contributed by atoms with Crippen LogP contribution in [0.4, 0.5) is 5.69 Å². The number of likely N-dealkylation sites (tertiary alicyclic amines) is 1. The second-order valence-electron chi connectivity index (χ2n) is 10.9. The van der Waals surface area contributed by atoms with Crippen LogP contribution in [0, 0.1) is 11.8 Å². The van der Waals surface area contributed by atoms with E-state index in [0.717, 1.165) is 16.3 Å². The number of hydrogen-bond acceptors (Lipinski definition) is 5. The number of rotatable bonds is 9. The number of nitrogens with zero attached hydrogens (tertiary/aromatic N) is 2. The Hall–Kier alpha value is -4.01. The average Bonchev–Trinajstić information content (AvgIpc) is 3.62. The van der Waals surface area contributed by atoms with Crippen molar-refractivity contribution in [3.05, 3.63) is 91.0 Å². The minimum atomic E-state index is -1.28. The van der Waals surface area contributed by atoms with Gasteiger partial charge in [-0.15, -0.1) is 6.58 Å². The SMILES string of the molecule is C=CCN(C(=O)C1N([C@@H](CO)Cc2ccccc2)C(=O)[C@@H]2[C@H](C(=O)O)[C@@H]3CCC12O3)c1ccc2ccccc2c1. The molecule has 2 unspecified atom stereocenters. The van der Waals surface area contributed by atoms with Crippen molar-refractivity contribution in [1.29, 1.82) is 0 Å². The highest BCUT2D eigenvalue weighted by atomic mass is 16.5. The van der Waals surface area contributed by atoms with E-state index in [1.54, 1.807) is 11.0 Å². The first-order chi connectivity index (χ1) is 19.4. The molecule has 206 valence electrons. The fourth-order valence-electron chi connectivity index (χ4n) is 7.13. The summed E-state index contributed by atoms with van der Waals surface area (Å²) in [5.74, 6) is -3.95. The third-order valence-electron chi connectivity index (χ3n) is 8.80. The standard InChI is InChI=1S/C32H32N2O6/c1-2-16-33(23-13-12-21-10-6-7-11-22(21)18-23)30(37)28-32-15-14-25(40-32)26(31(38)39)27(32)29(36)34(28)24(19-35)17-20-8-4-3-5-9-20/h2-13,18,24-28,35H,1,14-17,19H2,(H,38,39)/t24-,25+,26-,27+,28?,32?/m1/s1. The number of carboxylic acid groups (broad SMARTS) is 1. The third-order valence-corrected chi connectivity index (χ3v) is 8.80. The van der Waals surface area contributed by atoms with Crippen LogP contribution in [0.5, 0.6) is 0 Å². The zero-order chi connectivity index (χ0) is 28.0. The molecule has 2 bridgehead atoms. The molecule has 3 aliphatic heterocycles. The van der Waals surface area contributed by atoms with Crippen LogP contribution in [0.25, 0.3) is 10.8 Å². The number of aliphatic hydroxyl groups excluding tert-OH is 1. The molecule has 0 aromatic heterocycles. The molecule has 1 spiro atoms. The van der Waals surface area contributed by atoms with Crippen molar-refractivity contribution in [3.8, 4) is 0 Å². The second-order valence-corrected chi connectivity index (χ2v) is 10.9. The highest BCUT2D eigenvalue weighted by Gasteiger charge is 2.75. The number of aliphatic hydroxyl groups is 1. The summed E-state index contributed by atoms with van der Waals surface area (Å²) in [6.07, 6.45) is 2.17. The first kappa shape index (κ1) is 26.2. The lowest BCUT2D eigenvalue weighted by molar-refractivity contribution is -0.151. The molecule has 0 saturated carbocycles. The Balaban J connectivity index is 1.45. The van der Waals surface area contributed by atoms with Gasteiger partial charge in [-0.1, -0.05) is 66.7 Å². The summed E-state index contributed by atoms with van der Waals surface area (Å²) in [6, 6.07) is 21.2. The van der Waals surface area contributed by atoms with Crippen molar-refractivity contribution in [1.82, 2.24) is 4.90 Å². The molecule has 2 N–H and O–H groups in total. The van der Waals surface area contributed by atoms with Gasteiger partial charge in [-0.3, -0.25) is 14.4 Å². The number of aliphatic carboxylic acids is 1. The normalized spacial score (nSPS) is 27.5. The highest BCUT2D eigenvalue weighted by Crippen LogP contribution is 2.59. The van der Waals surface area contributed by atoms with Crippen LogP contribution < -0.4 is 4.90 Å². The minimum Gasteiger partial charge on any atom is -0.481 e. The van der Waals surface area contributed by atoms with E-state index in [0.29, 0.717) is 24.9 Å². The number of carbonyl (C=O) groups excluding carboxylic acids is 2. The van der Waals surface area contributed by atoms with Crippen LogP contribution in [0.15, 0.2) is 85.5 Å². The van der Waals surface area contributed by atoms with E-state index < -0.39 is 47.5 Å². The van der Waals surface area contributed by atoms with Crippen molar-refractivity contribution in [2.24, 2.45) is 11.8 Å². The van der Waals surface area contributed by atoms with Crippen LogP contribution >= 0.6 is 0 Å². The lowest BCUT2D eigenvalue weighted by atomic mass is 9.70. The van der Waals surface area contributed by atoms with E-state index in [4.69, 9.17) is 4.74 Å². The molecule has 3 saturated heterocycles. The molecule has 40 heavy (non-hydrogen) atoms. The number of benzene rings is 3. The summed E-state index contributed by atoms with van der Waals surface area (Å²) in [6.45, 7) is 3.66. The Morgan fingerprint density at radius 1 is 1.10 bits per heavy atom. The van der Waals surface area contributed by atoms with Gasteiger partial charge in [0.1, 0.15) is 11.6 Å². The lowest BCUT2D eigenvalue weighted by Gasteiger charge is -2.39. The number of carboxylic acids is 1. The lowest BCUT2D eigenvalue weighted by Crippen LogP contribution is -2.59. The predicted octanol–water partition coefficient (Wildman–Crippen LogP) is 3.42. The molecule has 6 atom stereocenters. The Kier molecular flexibility index (Phi) is 6.68. The summed E-state index contributed by atoms with van der Waals surface area (Å²) in [5.41, 5.74) is 0.261. The molecule has 3 fully saturated rings. The first-order valence-corrected chi connectivity index (χ1v) is 13.7. The van der Waals surface area contributed by atoms with E-state index in [-0.39, 0.29) is 19.1 Å². The van der Waals surface area contributed by atoms with Gasteiger partial charge in [0, 0.05) is 12.2 Å². The first-order valence-electron chi connectivity index (χ1n) is 13.7. The van der Waals surface area contributed by atoms with Crippen LogP contribution in [0.3, 0.4) is 0 Å². The Morgan fingerprint density at radius 3 is 2.52 bits per heavy atom. The monoisotopic (exact) mass is 540 g/mol. The Morgan fingerprint density at radius 2 is 1.82 bits per heavy atom. The minimum absolute atomic E-state index is 0.185. The van der Waals surface area contributed by atoms with Crippen molar-refractivity contribution in [3.63, 3.8) is 0 Å². The summed E-state index contributed by atoms with van der Waals surface area (Å²) >= 11 is 0. The summed E-state index contributed by atoms with van der Waals surface area (Å²) < 4.78 is 6.37. The molecule has 3 aromatic carbocycles. The van der Waals surface area contributed by atoms with Gasteiger partial charge in [0.25, 0.3) is 5.91 Å². The highest BCUT2D eigenvalue weighted by molar-refractivity contribution is 6.05. The van der Waals surface area contributed by atoms with Gasteiger partial charge in [0.05, 0.1) is 30.6 Å². The molecular formula is C32H32N2O6. The van der Waals surface area contributed by atoms with Gasteiger partial charge in [-0.05, 0) is 47.7 Å². The zero-order valence-corrected chi connectivity index (χ0v) is 22.1. The van der Waals surface area contributed by atoms with E-state index in [9.17, 15) is 24.6 Å². The fraction of sp³-hybridized carbons (Fsp3) is 0.344. The van der Waals surface area contributed by atoms with Gasteiger partial charge in [-0.25, -0.2) is 0 Å².